The molecule has 186 valence electrons. The SMILES string of the molecule is CC(C)(C)OC(=O)N1CCc2cc(Nc3ccc4cc(C#N)c(=O)n(C5CCCC5)c4n3)ccc2C1. The highest BCUT2D eigenvalue weighted by molar-refractivity contribution is 5.79. The Morgan fingerprint density at radius 1 is 1.14 bits per heavy atom. The molecule has 36 heavy (non-hydrogen) atoms. The van der Waals surface area contributed by atoms with Crippen LogP contribution in [0, 0.1) is 11.3 Å². The summed E-state index contributed by atoms with van der Waals surface area (Å²) in [5, 5.41) is 13.6. The first kappa shape index (κ1) is 23.9. The number of nitrogens with one attached hydrogen (secondary N) is 1. The first-order valence-corrected chi connectivity index (χ1v) is 12.5. The van der Waals surface area contributed by atoms with E-state index in [4.69, 9.17) is 9.72 Å². The Morgan fingerprint density at radius 3 is 2.64 bits per heavy atom. The molecule has 3 heterocycles. The number of aromatic nitrogens is 2. The molecule has 2 aliphatic rings. The number of benzene rings is 1. The molecule has 0 radical (unpaired) electrons. The molecular formula is C28H31N5O3. The van der Waals surface area contributed by atoms with E-state index in [1.54, 1.807) is 15.5 Å². The van der Waals surface area contributed by atoms with Crippen LogP contribution in [0.5, 0.6) is 0 Å². The Labute approximate surface area is 210 Å². The lowest BCUT2D eigenvalue weighted by Crippen LogP contribution is -2.39. The lowest BCUT2D eigenvalue weighted by atomic mass is 9.99. The fraction of sp³-hybridized carbons (Fsp3) is 0.429. The van der Waals surface area contributed by atoms with Gasteiger partial charge in [-0.15, -0.1) is 0 Å². The van der Waals surface area contributed by atoms with E-state index in [0.717, 1.165) is 48.7 Å². The lowest BCUT2D eigenvalue weighted by molar-refractivity contribution is 0.0224. The molecule has 1 fully saturated rings. The second-order valence-corrected chi connectivity index (χ2v) is 10.7. The number of hydrogen-bond acceptors (Lipinski definition) is 6. The van der Waals surface area contributed by atoms with Gasteiger partial charge in [0.15, 0.2) is 0 Å². The van der Waals surface area contributed by atoms with Gasteiger partial charge in [0.25, 0.3) is 5.56 Å². The molecule has 8 heteroatoms. The molecule has 0 spiro atoms. The molecule has 1 aliphatic heterocycles. The monoisotopic (exact) mass is 485 g/mol. The molecule has 2 aromatic heterocycles. The number of fused-ring (bicyclic) bond motifs is 2. The van der Waals surface area contributed by atoms with Crippen molar-refractivity contribution < 1.29 is 9.53 Å². The van der Waals surface area contributed by atoms with Crippen LogP contribution in [-0.2, 0) is 17.7 Å². The molecule has 0 saturated heterocycles. The number of nitrogens with zero attached hydrogens (tertiary/aromatic N) is 4. The fourth-order valence-corrected chi connectivity index (χ4v) is 5.12. The summed E-state index contributed by atoms with van der Waals surface area (Å²) in [5.41, 5.74) is 3.18. The third-order valence-corrected chi connectivity index (χ3v) is 6.84. The van der Waals surface area contributed by atoms with Crippen molar-refractivity contribution in [1.29, 1.82) is 5.26 Å². The lowest BCUT2D eigenvalue weighted by Gasteiger charge is -2.31. The van der Waals surface area contributed by atoms with Gasteiger partial charge in [-0.05, 0) is 81.5 Å². The summed E-state index contributed by atoms with van der Waals surface area (Å²) in [5.74, 6) is 0.643. The van der Waals surface area contributed by atoms with Gasteiger partial charge in [-0.2, -0.15) is 5.26 Å². The van der Waals surface area contributed by atoms with Crippen molar-refractivity contribution in [3.63, 3.8) is 0 Å². The maximum atomic E-state index is 13.0. The number of amides is 1. The van der Waals surface area contributed by atoms with E-state index in [1.807, 2.05) is 51.1 Å². The second kappa shape index (κ2) is 9.30. The minimum atomic E-state index is -0.517. The zero-order chi connectivity index (χ0) is 25.4. The summed E-state index contributed by atoms with van der Waals surface area (Å²) >= 11 is 0. The zero-order valence-corrected chi connectivity index (χ0v) is 21.0. The Hall–Kier alpha value is -3.86. The summed E-state index contributed by atoms with van der Waals surface area (Å²) in [7, 11) is 0. The molecule has 1 N–H and O–H groups in total. The molecule has 1 amide bonds. The van der Waals surface area contributed by atoms with Gasteiger partial charge in [0.1, 0.15) is 28.7 Å². The summed E-state index contributed by atoms with van der Waals surface area (Å²) in [6, 6.07) is 13.6. The van der Waals surface area contributed by atoms with Crippen LogP contribution in [0.4, 0.5) is 16.3 Å². The summed E-state index contributed by atoms with van der Waals surface area (Å²) < 4.78 is 7.25. The van der Waals surface area contributed by atoms with Crippen LogP contribution >= 0.6 is 0 Å². The van der Waals surface area contributed by atoms with Gasteiger partial charge in [0.2, 0.25) is 0 Å². The summed E-state index contributed by atoms with van der Waals surface area (Å²) in [4.78, 5) is 32.0. The van der Waals surface area contributed by atoms with Gasteiger partial charge in [-0.3, -0.25) is 9.36 Å². The van der Waals surface area contributed by atoms with Crippen molar-refractivity contribution in [2.75, 3.05) is 11.9 Å². The molecular weight excluding hydrogens is 454 g/mol. The fourth-order valence-electron chi connectivity index (χ4n) is 5.12. The number of nitriles is 1. The van der Waals surface area contributed by atoms with Crippen LogP contribution < -0.4 is 10.9 Å². The second-order valence-electron chi connectivity index (χ2n) is 10.7. The van der Waals surface area contributed by atoms with Crippen LogP contribution in [0.2, 0.25) is 0 Å². The minimum Gasteiger partial charge on any atom is -0.444 e. The van der Waals surface area contributed by atoms with E-state index in [0.29, 0.717) is 24.6 Å². The predicted molar refractivity (Wildman–Crippen MR) is 138 cm³/mol. The average Bonchev–Trinajstić information content (AvgIpc) is 3.36. The molecule has 1 aliphatic carbocycles. The zero-order valence-electron chi connectivity index (χ0n) is 21.0. The number of ether oxygens (including phenoxy) is 1. The largest absolute Gasteiger partial charge is 0.444 e. The van der Waals surface area contributed by atoms with Crippen molar-refractivity contribution in [3.05, 3.63) is 63.4 Å². The maximum Gasteiger partial charge on any atom is 0.410 e. The van der Waals surface area contributed by atoms with Crippen LogP contribution in [-0.4, -0.2) is 32.7 Å². The first-order chi connectivity index (χ1) is 17.2. The predicted octanol–water partition coefficient (Wildman–Crippen LogP) is 5.42. The molecule has 8 nitrogen and oxygen atoms in total. The standard InChI is InChI=1S/C28H31N5O3/c1-28(2,3)36-27(35)32-13-12-18-15-22(10-8-20(18)17-32)30-24-11-9-19-14-21(16-29)26(34)33(25(19)31-24)23-6-4-5-7-23/h8-11,14-15,23H,4-7,12-13,17H2,1-3H3,(H,30,31). The highest BCUT2D eigenvalue weighted by Crippen LogP contribution is 2.31. The van der Waals surface area contributed by atoms with E-state index < -0.39 is 5.60 Å². The normalized spacial score (nSPS) is 16.0. The average molecular weight is 486 g/mol. The number of carbonyl (C=O) groups is 1. The Bertz CT molecular complexity index is 1420. The third-order valence-electron chi connectivity index (χ3n) is 6.84. The van der Waals surface area contributed by atoms with Gasteiger partial charge >= 0.3 is 6.09 Å². The van der Waals surface area contributed by atoms with Crippen molar-refractivity contribution in [2.24, 2.45) is 0 Å². The van der Waals surface area contributed by atoms with E-state index in [1.165, 1.54) is 5.56 Å². The van der Waals surface area contributed by atoms with E-state index >= 15 is 0 Å². The molecule has 0 unspecified atom stereocenters. The Kier molecular flexibility index (Phi) is 6.17. The number of hydrogen-bond donors (Lipinski definition) is 1. The number of rotatable bonds is 3. The maximum absolute atomic E-state index is 13.0. The number of anilines is 2. The van der Waals surface area contributed by atoms with Crippen molar-refractivity contribution in [2.45, 2.75) is 71.1 Å². The van der Waals surface area contributed by atoms with Gasteiger partial charge in [-0.25, -0.2) is 9.78 Å². The van der Waals surface area contributed by atoms with Crippen molar-refractivity contribution >= 4 is 28.6 Å². The summed E-state index contributed by atoms with van der Waals surface area (Å²) in [6.45, 7) is 6.74. The van der Waals surface area contributed by atoms with Gasteiger partial charge < -0.3 is 15.0 Å². The molecule has 0 atom stereocenters. The Morgan fingerprint density at radius 2 is 1.92 bits per heavy atom. The summed E-state index contributed by atoms with van der Waals surface area (Å²) in [6.07, 6.45) is 4.46. The van der Waals surface area contributed by atoms with Gasteiger partial charge in [-0.1, -0.05) is 18.9 Å². The van der Waals surface area contributed by atoms with Crippen LogP contribution in [0.1, 0.15) is 69.2 Å². The first-order valence-electron chi connectivity index (χ1n) is 12.5. The third kappa shape index (κ3) is 4.78. The molecule has 1 saturated carbocycles. The highest BCUT2D eigenvalue weighted by Gasteiger charge is 2.26. The smallest absolute Gasteiger partial charge is 0.410 e. The van der Waals surface area contributed by atoms with E-state index in [2.05, 4.69) is 11.4 Å². The molecule has 0 bridgehead atoms. The molecule has 1 aromatic carbocycles. The van der Waals surface area contributed by atoms with Gasteiger partial charge in [0.05, 0.1) is 0 Å². The van der Waals surface area contributed by atoms with Crippen LogP contribution in [0.15, 0.2) is 41.2 Å². The molecule has 3 aromatic rings. The van der Waals surface area contributed by atoms with Crippen molar-refractivity contribution in [3.8, 4) is 6.07 Å². The van der Waals surface area contributed by atoms with E-state index in [9.17, 15) is 14.9 Å². The molecule has 5 rings (SSSR count). The number of pyridine rings is 2. The highest BCUT2D eigenvalue weighted by atomic mass is 16.6. The minimum absolute atomic E-state index is 0.0766. The Balaban J connectivity index is 1.40. The van der Waals surface area contributed by atoms with E-state index in [-0.39, 0.29) is 23.3 Å². The van der Waals surface area contributed by atoms with Crippen molar-refractivity contribution in [1.82, 2.24) is 14.5 Å². The quantitative estimate of drug-likeness (QED) is 0.532. The van der Waals surface area contributed by atoms with Gasteiger partial charge in [0, 0.05) is 30.2 Å². The topological polar surface area (TPSA) is 100 Å². The van der Waals surface area contributed by atoms with Crippen LogP contribution in [0.25, 0.3) is 11.0 Å². The van der Waals surface area contributed by atoms with Crippen LogP contribution in [0.3, 0.4) is 0 Å². The number of carbonyl (C=O) groups excluding carboxylic acids is 1.